The zero-order valence-electron chi connectivity index (χ0n) is 23.8. The number of thiazole rings is 1. The van der Waals surface area contributed by atoms with Gasteiger partial charge in [0.1, 0.15) is 0 Å². The number of nitrogens with one attached hydrogen (secondary N) is 1. The number of unbranched alkanes of at least 4 members (excludes halogenated alkanes) is 3. The van der Waals surface area contributed by atoms with E-state index >= 15 is 0 Å². The number of anilines is 1. The predicted molar refractivity (Wildman–Crippen MR) is 169 cm³/mol. The van der Waals surface area contributed by atoms with Crippen molar-refractivity contribution >= 4 is 50.9 Å². The van der Waals surface area contributed by atoms with E-state index in [1.54, 1.807) is 23.1 Å². The Morgan fingerprint density at radius 2 is 1.72 bits per heavy atom. The van der Waals surface area contributed by atoms with Crippen molar-refractivity contribution in [3.05, 3.63) is 89.5 Å². The number of benzene rings is 3. The third-order valence-electron chi connectivity index (χ3n) is 7.27. The normalized spacial score (nSPS) is 18.5. The van der Waals surface area contributed by atoms with Crippen LogP contribution in [0.2, 0.25) is 0 Å². The van der Waals surface area contributed by atoms with Crippen LogP contribution in [0.5, 0.6) is 0 Å². The highest BCUT2D eigenvalue weighted by atomic mass is 32.2. The van der Waals surface area contributed by atoms with Crippen molar-refractivity contribution in [1.29, 1.82) is 0 Å². The van der Waals surface area contributed by atoms with Crippen molar-refractivity contribution in [3.63, 3.8) is 0 Å². The Balaban J connectivity index is 1.24. The number of hydrogen-bond donors (Lipinski definition) is 3. The summed E-state index contributed by atoms with van der Waals surface area (Å²) < 4.78 is 15.1. The molecule has 1 amide bonds. The third kappa shape index (κ3) is 9.11. The van der Waals surface area contributed by atoms with Crippen LogP contribution in [-0.2, 0) is 25.7 Å². The fourth-order valence-corrected chi connectivity index (χ4v) is 7.11. The minimum Gasteiger partial charge on any atom is -0.481 e. The summed E-state index contributed by atoms with van der Waals surface area (Å²) in [4.78, 5) is 28.0. The van der Waals surface area contributed by atoms with Gasteiger partial charge in [-0.3, -0.25) is 9.59 Å². The van der Waals surface area contributed by atoms with Crippen LogP contribution in [0.3, 0.4) is 0 Å². The molecule has 0 spiro atoms. The molecule has 43 heavy (non-hydrogen) atoms. The fraction of sp³-hybridized carbons (Fsp3) is 0.364. The molecule has 3 atom stereocenters. The molecule has 1 fully saturated rings. The van der Waals surface area contributed by atoms with Crippen LogP contribution in [0, 0.1) is 0 Å². The lowest BCUT2D eigenvalue weighted by Crippen LogP contribution is -2.31. The lowest BCUT2D eigenvalue weighted by molar-refractivity contribution is -0.245. The highest BCUT2D eigenvalue weighted by Crippen LogP contribution is 2.40. The zero-order valence-corrected chi connectivity index (χ0v) is 25.4. The van der Waals surface area contributed by atoms with E-state index in [0.717, 1.165) is 44.1 Å². The summed E-state index contributed by atoms with van der Waals surface area (Å²) >= 11 is 3.37. The number of nitrogens with zero attached hydrogens (tertiary/aromatic N) is 1. The highest BCUT2D eigenvalue weighted by molar-refractivity contribution is 8.01. The minimum absolute atomic E-state index is 0.0117. The molecule has 0 radical (unpaired) electrons. The maximum Gasteiger partial charge on any atom is 0.303 e. The van der Waals surface area contributed by atoms with Crippen LogP contribution < -0.4 is 5.32 Å². The first kappa shape index (κ1) is 31.2. The van der Waals surface area contributed by atoms with Crippen molar-refractivity contribution in [3.8, 4) is 0 Å². The molecule has 0 saturated carbocycles. The van der Waals surface area contributed by atoms with Crippen molar-refractivity contribution < 1.29 is 29.3 Å². The Labute approximate surface area is 259 Å². The summed E-state index contributed by atoms with van der Waals surface area (Å²) in [5.74, 6) is -0.145. The predicted octanol–water partition coefficient (Wildman–Crippen LogP) is 7.49. The Morgan fingerprint density at radius 3 is 2.49 bits per heavy atom. The number of amides is 1. The number of carbonyl (C=O) groups excluding carboxylic acids is 1. The van der Waals surface area contributed by atoms with Gasteiger partial charge in [-0.2, -0.15) is 0 Å². The Hall–Kier alpha value is -3.28. The molecule has 0 aliphatic carbocycles. The van der Waals surface area contributed by atoms with E-state index in [4.69, 9.17) is 19.6 Å². The molecule has 3 aromatic carbocycles. The van der Waals surface area contributed by atoms with Gasteiger partial charge in [-0.15, -0.1) is 11.3 Å². The molecule has 1 saturated heterocycles. The Bertz CT molecular complexity index is 1480. The van der Waals surface area contributed by atoms with Gasteiger partial charge in [-0.25, -0.2) is 4.98 Å². The van der Waals surface area contributed by atoms with Gasteiger partial charge < -0.3 is 25.0 Å². The van der Waals surface area contributed by atoms with Crippen molar-refractivity contribution in [1.82, 2.24) is 4.98 Å². The first-order valence-corrected chi connectivity index (χ1v) is 16.4. The number of aromatic nitrogens is 1. The highest BCUT2D eigenvalue weighted by Gasteiger charge is 2.32. The molecule has 3 N–H and O–H groups in total. The third-order valence-corrected chi connectivity index (χ3v) is 9.58. The number of rotatable bonds is 14. The van der Waals surface area contributed by atoms with Crippen LogP contribution in [-0.4, -0.2) is 38.9 Å². The van der Waals surface area contributed by atoms with E-state index in [1.165, 1.54) is 0 Å². The second-order valence-corrected chi connectivity index (χ2v) is 12.9. The van der Waals surface area contributed by atoms with Gasteiger partial charge in [0.15, 0.2) is 10.6 Å². The zero-order chi connectivity index (χ0) is 30.0. The topological polar surface area (TPSA) is 118 Å². The van der Waals surface area contributed by atoms with Crippen molar-refractivity contribution in [2.45, 2.75) is 74.4 Å². The molecule has 0 unspecified atom stereocenters. The van der Waals surface area contributed by atoms with Gasteiger partial charge in [0.2, 0.25) is 5.91 Å². The maximum atomic E-state index is 12.6. The Morgan fingerprint density at radius 1 is 0.930 bits per heavy atom. The summed E-state index contributed by atoms with van der Waals surface area (Å²) in [5, 5.41) is 21.2. The molecule has 4 aromatic rings. The van der Waals surface area contributed by atoms with Gasteiger partial charge in [0.25, 0.3) is 0 Å². The number of thioether (sulfide) groups is 1. The van der Waals surface area contributed by atoms with Gasteiger partial charge in [-0.1, -0.05) is 73.1 Å². The van der Waals surface area contributed by atoms with E-state index in [2.05, 4.69) is 11.4 Å². The number of para-hydroxylation sites is 1. The summed E-state index contributed by atoms with van der Waals surface area (Å²) in [7, 11) is 0. The SMILES string of the molecule is O=C(O)CCCCCCC(=O)Nc1cccc([C@@H]2O[C@H](CSc3nc4ccccc4s3)C[C@H](c3ccc(CO)cc3)O2)c1. The number of carboxylic acid groups (broad SMARTS) is 1. The number of aliphatic carboxylic acids is 1. The molecule has 2 heterocycles. The number of carbonyl (C=O) groups is 2. The molecule has 1 aliphatic rings. The molecule has 0 bridgehead atoms. The molecule has 10 heteroatoms. The van der Waals surface area contributed by atoms with E-state index < -0.39 is 12.3 Å². The quantitative estimate of drug-likeness (QED) is 0.0981. The lowest BCUT2D eigenvalue weighted by atomic mass is 10.0. The van der Waals surface area contributed by atoms with Gasteiger partial charge in [0, 0.05) is 36.3 Å². The molecule has 8 nitrogen and oxygen atoms in total. The fourth-order valence-electron chi connectivity index (χ4n) is 5.00. The largest absolute Gasteiger partial charge is 0.481 e. The lowest BCUT2D eigenvalue weighted by Gasteiger charge is -2.36. The van der Waals surface area contributed by atoms with Crippen LogP contribution in [0.25, 0.3) is 10.2 Å². The standard InChI is InChI=1S/C33H36N2O6S2/c36-20-22-14-16-23(17-15-22)28-19-26(21-42-33-35-27-10-5-6-11-29(27)43-33)40-32(41-28)24-8-7-9-25(18-24)34-30(37)12-3-1-2-4-13-31(38)39/h5-11,14-18,26,28,32,36H,1-4,12-13,19-21H2,(H,34,37)(H,38,39)/t26-,28+,32+/m0/s1. The van der Waals surface area contributed by atoms with E-state index in [9.17, 15) is 14.7 Å². The van der Waals surface area contributed by atoms with Crippen LogP contribution in [0.4, 0.5) is 5.69 Å². The van der Waals surface area contributed by atoms with Gasteiger partial charge in [-0.05, 0) is 48.2 Å². The summed E-state index contributed by atoms with van der Waals surface area (Å²) in [6.45, 7) is -0.0117. The number of aliphatic hydroxyl groups excluding tert-OH is 1. The second kappa shape index (κ2) is 15.4. The van der Waals surface area contributed by atoms with Gasteiger partial charge in [0.05, 0.1) is 29.0 Å². The first-order valence-electron chi connectivity index (χ1n) is 14.6. The number of ether oxygens (including phenoxy) is 2. The average Bonchev–Trinajstić information content (AvgIpc) is 3.45. The van der Waals surface area contributed by atoms with Crippen LogP contribution >= 0.6 is 23.1 Å². The smallest absolute Gasteiger partial charge is 0.303 e. The molecule has 1 aromatic heterocycles. The monoisotopic (exact) mass is 620 g/mol. The van der Waals surface area contributed by atoms with Crippen LogP contribution in [0.15, 0.2) is 77.1 Å². The molecule has 226 valence electrons. The molecule has 5 rings (SSSR count). The first-order chi connectivity index (χ1) is 21.0. The van der Waals surface area contributed by atoms with Crippen LogP contribution in [0.1, 0.15) is 74.0 Å². The summed E-state index contributed by atoms with van der Waals surface area (Å²) in [5.41, 5.74) is 4.36. The number of aliphatic hydroxyl groups is 1. The van der Waals surface area contributed by atoms with E-state index in [1.807, 2.05) is 66.7 Å². The second-order valence-electron chi connectivity index (χ2n) is 10.6. The van der Waals surface area contributed by atoms with E-state index in [0.29, 0.717) is 37.1 Å². The number of carboxylic acids is 1. The minimum atomic E-state index is -0.784. The van der Waals surface area contributed by atoms with Crippen molar-refractivity contribution in [2.75, 3.05) is 11.1 Å². The average molecular weight is 621 g/mol. The summed E-state index contributed by atoms with van der Waals surface area (Å²) in [6.07, 6.45) is 3.27. The number of fused-ring (bicyclic) bond motifs is 1. The van der Waals surface area contributed by atoms with Gasteiger partial charge >= 0.3 is 5.97 Å². The van der Waals surface area contributed by atoms with Crippen molar-refractivity contribution in [2.24, 2.45) is 0 Å². The van der Waals surface area contributed by atoms with E-state index in [-0.39, 0.29) is 31.1 Å². The molecular formula is C33H36N2O6S2. The number of hydrogen-bond acceptors (Lipinski definition) is 8. The molecular weight excluding hydrogens is 585 g/mol. The Kier molecular flexibility index (Phi) is 11.2. The maximum absolute atomic E-state index is 12.6. The molecule has 1 aliphatic heterocycles. The summed E-state index contributed by atoms with van der Waals surface area (Å²) in [6, 6.07) is 23.5.